The third kappa shape index (κ3) is 8.63. The number of aromatic nitrogens is 1. The van der Waals surface area contributed by atoms with E-state index in [4.69, 9.17) is 0 Å². The zero-order valence-corrected chi connectivity index (χ0v) is 3.40. The summed E-state index contributed by atoms with van der Waals surface area (Å²) < 4.78 is 0. The molecule has 1 nitrogen and oxygen atoms in total. The van der Waals surface area contributed by atoms with Gasteiger partial charge in [0.15, 0.2) is 0 Å². The van der Waals surface area contributed by atoms with E-state index in [1.807, 2.05) is 5.38 Å². The van der Waals surface area contributed by atoms with Gasteiger partial charge < -0.3 is 0 Å². The summed E-state index contributed by atoms with van der Waals surface area (Å²) in [6.45, 7) is 0. The maximum Gasteiger partial charge on any atom is 0.0791 e. The molecule has 1 heterocycles. The maximum absolute atomic E-state index is 3.74. The Hall–Kier alpha value is 2.63. The van der Waals surface area contributed by atoms with Crippen molar-refractivity contribution in [1.29, 1.82) is 0 Å². The smallest absolute Gasteiger partial charge is 0.0791 e. The van der Waals surface area contributed by atoms with Gasteiger partial charge in [0.25, 0.3) is 0 Å². The number of hydrogen-bond acceptors (Lipinski definition) is 2. The van der Waals surface area contributed by atoms with Gasteiger partial charge in [-0.05, 0) is 0 Å². The van der Waals surface area contributed by atoms with Crippen molar-refractivity contribution in [3.8, 4) is 0 Å². The molecule has 0 bridgehead atoms. The Kier molecular flexibility index (Phi) is 26.1. The molecule has 0 spiro atoms. The zero-order valence-electron chi connectivity index (χ0n) is 2.59. The van der Waals surface area contributed by atoms with Crippen LogP contribution in [0.25, 0.3) is 0 Å². The molecule has 0 aliphatic carbocycles. The molecule has 0 fully saturated rings. The van der Waals surface area contributed by atoms with Crippen molar-refractivity contribution in [1.82, 2.24) is 4.98 Å². The predicted molar refractivity (Wildman–Crippen MR) is 43.6 cm³/mol. The number of thiazole rings is 1. The van der Waals surface area contributed by atoms with Crippen LogP contribution in [-0.2, 0) is 0 Å². The minimum atomic E-state index is 0. The third-order valence-electron chi connectivity index (χ3n) is 0.347. The monoisotopic (exact) mass is 157 g/mol. The van der Waals surface area contributed by atoms with Gasteiger partial charge in [0.2, 0.25) is 0 Å². The van der Waals surface area contributed by atoms with Crippen LogP contribution in [0.5, 0.6) is 0 Å². The Morgan fingerprint density at radius 2 is 1.75 bits per heavy atom. The van der Waals surface area contributed by atoms with E-state index in [9.17, 15) is 0 Å². The molecule has 0 aliphatic rings. The number of nitrogens with zero attached hydrogens (tertiary/aromatic N) is 1. The Bertz CT molecular complexity index is 71.0. The second kappa shape index (κ2) is 12.3. The molecule has 0 saturated carbocycles. The molecule has 8 heavy (non-hydrogen) atoms. The summed E-state index contributed by atoms with van der Waals surface area (Å²) in [5, 5.41) is 1.93. The summed E-state index contributed by atoms with van der Waals surface area (Å²) in [7, 11) is 0. The fourth-order valence-electron chi connectivity index (χ4n) is 0.176. The summed E-state index contributed by atoms with van der Waals surface area (Å²) in [5.41, 5.74) is 1.79. The van der Waals surface area contributed by atoms with Crippen LogP contribution in [0, 0.1) is 0 Å². The van der Waals surface area contributed by atoms with Crippen LogP contribution >= 0.6 is 11.3 Å². The van der Waals surface area contributed by atoms with Crippen molar-refractivity contribution in [2.24, 2.45) is 0 Å². The Morgan fingerprint density at radius 3 is 1.88 bits per heavy atom. The van der Waals surface area contributed by atoms with Gasteiger partial charge in [-0.25, -0.2) is 0 Å². The van der Waals surface area contributed by atoms with E-state index in [2.05, 4.69) is 4.98 Å². The second-order valence-electron chi connectivity index (χ2n) is 0.676. The van der Waals surface area contributed by atoms with Crippen LogP contribution in [0.4, 0.5) is 0 Å². The van der Waals surface area contributed by atoms with Gasteiger partial charge in [-0.15, -0.1) is 11.3 Å². The van der Waals surface area contributed by atoms with Gasteiger partial charge in [-0.3, -0.25) is 4.98 Å². The molecular formula is C3H6NNa3S. The first-order valence-corrected chi connectivity index (χ1v) is 2.26. The van der Waals surface area contributed by atoms with Gasteiger partial charge in [-0.2, -0.15) is 0 Å². The first kappa shape index (κ1) is 16.9. The van der Waals surface area contributed by atoms with E-state index in [1.165, 1.54) is 0 Å². The topological polar surface area (TPSA) is 12.9 Å². The first-order chi connectivity index (χ1) is 2.50. The van der Waals surface area contributed by atoms with E-state index in [0.29, 0.717) is 0 Å². The van der Waals surface area contributed by atoms with Crippen LogP contribution in [0.15, 0.2) is 17.1 Å². The number of hydrogen-bond donors (Lipinski definition) is 0. The first-order valence-electron chi connectivity index (χ1n) is 1.32. The fourth-order valence-corrected chi connectivity index (χ4v) is 0.527. The molecule has 0 amide bonds. The Morgan fingerprint density at radius 1 is 1.12 bits per heavy atom. The Balaban J connectivity index is -0.0000000833. The molecule has 1 rings (SSSR count). The van der Waals surface area contributed by atoms with Gasteiger partial charge in [0, 0.05) is 11.6 Å². The fraction of sp³-hybridized carbons (Fsp3) is 0. The summed E-state index contributed by atoms with van der Waals surface area (Å²) >= 11 is 1.60. The molecule has 0 N–H and O–H groups in total. The van der Waals surface area contributed by atoms with Crippen LogP contribution in [0.2, 0.25) is 0 Å². The average Bonchev–Trinajstić information content (AvgIpc) is 1.76. The van der Waals surface area contributed by atoms with Gasteiger partial charge in [0.05, 0.1) is 5.51 Å². The molecule has 1 aromatic rings. The van der Waals surface area contributed by atoms with Crippen LogP contribution < -0.4 is 0 Å². The summed E-state index contributed by atoms with van der Waals surface area (Å²) in [4.78, 5) is 3.74. The van der Waals surface area contributed by atoms with E-state index in [1.54, 1.807) is 23.0 Å². The average molecular weight is 157 g/mol. The maximum atomic E-state index is 3.74. The largest absolute Gasteiger partial charge is 0.253 e. The van der Waals surface area contributed by atoms with Crippen LogP contribution in [0.3, 0.4) is 0 Å². The third-order valence-corrected chi connectivity index (χ3v) is 0.869. The molecule has 0 aromatic carbocycles. The van der Waals surface area contributed by atoms with Crippen molar-refractivity contribution < 1.29 is 0 Å². The molecule has 32 valence electrons. The van der Waals surface area contributed by atoms with E-state index in [0.717, 1.165) is 0 Å². The van der Waals surface area contributed by atoms with Crippen molar-refractivity contribution in [2.45, 2.75) is 0 Å². The normalized spacial score (nSPS) is 5.00. The van der Waals surface area contributed by atoms with Crippen molar-refractivity contribution >= 4 is 100 Å². The molecule has 1 aromatic heterocycles. The predicted octanol–water partition coefficient (Wildman–Crippen LogP) is -0.802. The minimum Gasteiger partial charge on any atom is -0.253 e. The molecule has 0 radical (unpaired) electrons. The molecule has 0 atom stereocenters. The molecule has 0 unspecified atom stereocenters. The zero-order chi connectivity index (χ0) is 3.54. The quantitative estimate of drug-likeness (QED) is 0.449. The van der Waals surface area contributed by atoms with Crippen LogP contribution in [-0.4, -0.2) is 93.7 Å². The van der Waals surface area contributed by atoms with Gasteiger partial charge in [-0.1, -0.05) is 0 Å². The SMILES string of the molecule is [NaH].[NaH].[NaH].c1cscn1. The van der Waals surface area contributed by atoms with Gasteiger partial charge >= 0.3 is 88.7 Å². The second-order valence-corrected chi connectivity index (χ2v) is 1.43. The van der Waals surface area contributed by atoms with Gasteiger partial charge in [0.1, 0.15) is 0 Å². The number of rotatable bonds is 0. The van der Waals surface area contributed by atoms with Crippen LogP contribution in [0.1, 0.15) is 0 Å². The minimum absolute atomic E-state index is 0. The summed E-state index contributed by atoms with van der Waals surface area (Å²) in [5.74, 6) is 0. The van der Waals surface area contributed by atoms with Crippen molar-refractivity contribution in [2.75, 3.05) is 0 Å². The standard InChI is InChI=1S/C3H3NS.3Na.3H/c1-2-5-3-4-1;;;;;;/h1-3H;;;;;;. The van der Waals surface area contributed by atoms with E-state index >= 15 is 0 Å². The molecular weight excluding hydrogens is 151 g/mol. The van der Waals surface area contributed by atoms with E-state index in [-0.39, 0.29) is 88.7 Å². The molecule has 0 aliphatic heterocycles. The molecule has 5 heteroatoms. The summed E-state index contributed by atoms with van der Waals surface area (Å²) in [6, 6.07) is 0. The molecule has 0 saturated heterocycles. The summed E-state index contributed by atoms with van der Waals surface area (Å²) in [6.07, 6.45) is 1.77. The Labute approximate surface area is 120 Å². The van der Waals surface area contributed by atoms with E-state index < -0.39 is 0 Å². The van der Waals surface area contributed by atoms with Crippen molar-refractivity contribution in [3.05, 3.63) is 17.1 Å². The van der Waals surface area contributed by atoms with Crippen molar-refractivity contribution in [3.63, 3.8) is 0 Å².